The van der Waals surface area contributed by atoms with E-state index in [0.29, 0.717) is 18.9 Å². The number of hydrogen-bond donors (Lipinski definition) is 0. The second kappa shape index (κ2) is 2.16. The van der Waals surface area contributed by atoms with Gasteiger partial charge in [-0.2, -0.15) is 0 Å². The number of carbonyl (C=O) groups is 1. The van der Waals surface area contributed by atoms with Gasteiger partial charge in [0.15, 0.2) is 0 Å². The largest absolute Gasteiger partial charge is 0.466 e. The van der Waals surface area contributed by atoms with Gasteiger partial charge in [-0.15, -0.1) is 0 Å². The van der Waals surface area contributed by atoms with Crippen molar-refractivity contribution in [3.8, 4) is 0 Å². The van der Waals surface area contributed by atoms with Crippen LogP contribution in [-0.2, 0) is 9.53 Å². The highest BCUT2D eigenvalue weighted by Crippen LogP contribution is 2.13. The van der Waals surface area contributed by atoms with Crippen molar-refractivity contribution < 1.29 is 9.53 Å². The molecule has 0 aromatic rings. The summed E-state index contributed by atoms with van der Waals surface area (Å²) in [5, 5.41) is 0. The van der Waals surface area contributed by atoms with E-state index in [1.165, 1.54) is 0 Å². The van der Waals surface area contributed by atoms with Crippen LogP contribution in [-0.4, -0.2) is 12.6 Å². The summed E-state index contributed by atoms with van der Waals surface area (Å²) in [5.41, 5.74) is 0. The van der Waals surface area contributed by atoms with E-state index in [1.807, 2.05) is 0 Å². The maximum atomic E-state index is 10.5. The molecular weight excluding hydrogens is 104 g/mol. The molecule has 0 unspecified atom stereocenters. The van der Waals surface area contributed by atoms with Gasteiger partial charge >= 0.3 is 5.97 Å². The lowest BCUT2D eigenvalue weighted by Gasteiger charge is -2.16. The van der Waals surface area contributed by atoms with Gasteiger partial charge in [-0.3, -0.25) is 4.79 Å². The minimum atomic E-state index is -0.0382. The summed E-state index contributed by atoms with van der Waals surface area (Å²) in [4.78, 5) is 10.5. The molecule has 1 fully saturated rings. The van der Waals surface area contributed by atoms with Crippen molar-refractivity contribution in [3.63, 3.8) is 0 Å². The molecule has 1 rings (SSSR count). The van der Waals surface area contributed by atoms with E-state index >= 15 is 0 Å². The Labute approximate surface area is 48.8 Å². The molecule has 0 amide bonds. The zero-order valence-electron chi connectivity index (χ0n) is 5.02. The van der Waals surface area contributed by atoms with Crippen molar-refractivity contribution in [2.24, 2.45) is 5.92 Å². The lowest BCUT2D eigenvalue weighted by atomic mass is 10.0. The molecule has 46 valence electrons. The molecule has 1 saturated heterocycles. The second-order valence-corrected chi connectivity index (χ2v) is 2.32. The Balaban J connectivity index is 2.34. The molecule has 1 atom stereocenters. The topological polar surface area (TPSA) is 26.3 Å². The summed E-state index contributed by atoms with van der Waals surface area (Å²) in [6.07, 6.45) is 1.64. The van der Waals surface area contributed by atoms with Gasteiger partial charge < -0.3 is 4.74 Å². The van der Waals surface area contributed by atoms with Crippen molar-refractivity contribution in [2.45, 2.75) is 19.8 Å². The molecule has 8 heavy (non-hydrogen) atoms. The normalized spacial score (nSPS) is 29.6. The highest BCUT2D eigenvalue weighted by molar-refractivity contribution is 5.70. The second-order valence-electron chi connectivity index (χ2n) is 2.32. The van der Waals surface area contributed by atoms with Gasteiger partial charge in [0, 0.05) is 6.42 Å². The minimum absolute atomic E-state index is 0.0382. The molecule has 1 heterocycles. The van der Waals surface area contributed by atoms with Crippen LogP contribution in [0.3, 0.4) is 0 Å². The first-order chi connectivity index (χ1) is 3.79. The summed E-state index contributed by atoms with van der Waals surface area (Å²) in [7, 11) is 0. The third-order valence-corrected chi connectivity index (χ3v) is 1.39. The standard InChI is InChI=1S/C6H10O2/c1-5-2-3-8-6(7)4-5/h5H,2-4H2,1H3/t5-/m0/s1. The maximum Gasteiger partial charge on any atom is 0.306 e. The number of cyclic esters (lactones) is 1. The highest BCUT2D eigenvalue weighted by atomic mass is 16.5. The number of ether oxygens (including phenoxy) is 1. The van der Waals surface area contributed by atoms with E-state index < -0.39 is 0 Å². The maximum absolute atomic E-state index is 10.5. The molecule has 0 bridgehead atoms. The molecule has 0 radical (unpaired) electrons. The molecule has 1 aliphatic rings. The van der Waals surface area contributed by atoms with Gasteiger partial charge in [-0.1, -0.05) is 6.92 Å². The molecule has 0 spiro atoms. The third-order valence-electron chi connectivity index (χ3n) is 1.39. The zero-order valence-corrected chi connectivity index (χ0v) is 5.02. The van der Waals surface area contributed by atoms with E-state index in [0.717, 1.165) is 6.42 Å². The van der Waals surface area contributed by atoms with Crippen molar-refractivity contribution in [1.82, 2.24) is 0 Å². The van der Waals surface area contributed by atoms with Gasteiger partial charge in [0.2, 0.25) is 0 Å². The van der Waals surface area contributed by atoms with Crippen LogP contribution in [0, 0.1) is 5.92 Å². The number of esters is 1. The lowest BCUT2D eigenvalue weighted by Crippen LogP contribution is -2.18. The van der Waals surface area contributed by atoms with E-state index in [9.17, 15) is 4.79 Å². The first-order valence-corrected chi connectivity index (χ1v) is 2.94. The van der Waals surface area contributed by atoms with E-state index in [-0.39, 0.29) is 5.97 Å². The molecule has 0 N–H and O–H groups in total. The average molecular weight is 114 g/mol. The monoisotopic (exact) mass is 114 g/mol. The molecular formula is C6H10O2. The molecule has 2 nitrogen and oxygen atoms in total. The summed E-state index contributed by atoms with van der Waals surface area (Å²) in [6.45, 7) is 2.69. The van der Waals surface area contributed by atoms with Crippen LogP contribution >= 0.6 is 0 Å². The average Bonchev–Trinajstić information content (AvgIpc) is 1.64. The predicted molar refractivity (Wildman–Crippen MR) is 29.4 cm³/mol. The van der Waals surface area contributed by atoms with Crippen molar-refractivity contribution in [3.05, 3.63) is 0 Å². The number of rotatable bonds is 0. The Morgan fingerprint density at radius 1 is 1.75 bits per heavy atom. The summed E-state index contributed by atoms with van der Waals surface area (Å²) >= 11 is 0. The Morgan fingerprint density at radius 3 is 2.88 bits per heavy atom. The Kier molecular flexibility index (Phi) is 1.51. The molecule has 0 saturated carbocycles. The van der Waals surface area contributed by atoms with Gasteiger partial charge in [-0.05, 0) is 12.3 Å². The van der Waals surface area contributed by atoms with Crippen LogP contribution in [0.1, 0.15) is 19.8 Å². The van der Waals surface area contributed by atoms with Crippen LogP contribution in [0.15, 0.2) is 0 Å². The first kappa shape index (κ1) is 5.60. The first-order valence-electron chi connectivity index (χ1n) is 2.94. The summed E-state index contributed by atoms with van der Waals surface area (Å²) < 4.78 is 4.71. The molecule has 2 heteroatoms. The van der Waals surface area contributed by atoms with Crippen molar-refractivity contribution >= 4 is 5.97 Å². The molecule has 0 aromatic heterocycles. The zero-order chi connectivity index (χ0) is 5.98. The van der Waals surface area contributed by atoms with E-state index in [2.05, 4.69) is 6.92 Å². The van der Waals surface area contributed by atoms with Crippen LogP contribution in [0.2, 0.25) is 0 Å². The SMILES string of the molecule is C[C@H]1CCOC(=O)C1. The van der Waals surface area contributed by atoms with Gasteiger partial charge in [0.1, 0.15) is 0 Å². The highest BCUT2D eigenvalue weighted by Gasteiger charge is 2.15. The van der Waals surface area contributed by atoms with Crippen molar-refractivity contribution in [2.75, 3.05) is 6.61 Å². The van der Waals surface area contributed by atoms with Crippen LogP contribution in [0.5, 0.6) is 0 Å². The molecule has 0 aromatic carbocycles. The lowest BCUT2D eigenvalue weighted by molar-refractivity contribution is -0.148. The number of hydrogen-bond acceptors (Lipinski definition) is 2. The molecule has 0 aliphatic carbocycles. The van der Waals surface area contributed by atoms with Crippen LogP contribution in [0.25, 0.3) is 0 Å². The minimum Gasteiger partial charge on any atom is -0.466 e. The quantitative estimate of drug-likeness (QED) is 0.438. The Morgan fingerprint density at radius 2 is 2.50 bits per heavy atom. The Bertz CT molecular complexity index is 98.7. The van der Waals surface area contributed by atoms with Crippen LogP contribution in [0.4, 0.5) is 0 Å². The van der Waals surface area contributed by atoms with Crippen LogP contribution < -0.4 is 0 Å². The fraction of sp³-hybridized carbons (Fsp3) is 0.833. The van der Waals surface area contributed by atoms with Gasteiger partial charge in [0.25, 0.3) is 0 Å². The summed E-state index contributed by atoms with van der Waals surface area (Å²) in [5.74, 6) is 0.500. The van der Waals surface area contributed by atoms with Gasteiger partial charge in [0.05, 0.1) is 6.61 Å². The molecule has 1 aliphatic heterocycles. The van der Waals surface area contributed by atoms with Crippen molar-refractivity contribution in [1.29, 1.82) is 0 Å². The smallest absolute Gasteiger partial charge is 0.306 e. The Hall–Kier alpha value is -0.530. The fourth-order valence-electron chi connectivity index (χ4n) is 0.819. The summed E-state index contributed by atoms with van der Waals surface area (Å²) in [6, 6.07) is 0. The van der Waals surface area contributed by atoms with Gasteiger partial charge in [-0.25, -0.2) is 0 Å². The van der Waals surface area contributed by atoms with E-state index in [4.69, 9.17) is 4.74 Å². The third kappa shape index (κ3) is 1.22. The fourth-order valence-corrected chi connectivity index (χ4v) is 0.819. The number of carbonyl (C=O) groups excluding carboxylic acids is 1. The predicted octanol–water partition coefficient (Wildman–Crippen LogP) is 0.960. The van der Waals surface area contributed by atoms with E-state index in [1.54, 1.807) is 0 Å².